The minimum absolute atomic E-state index is 0.647. The molecule has 0 radical (unpaired) electrons. The molecule has 0 amide bonds. The summed E-state index contributed by atoms with van der Waals surface area (Å²) in [5.41, 5.74) is 0.731. The zero-order valence-electron chi connectivity index (χ0n) is 11.8. The summed E-state index contributed by atoms with van der Waals surface area (Å²) in [5, 5.41) is 0. The first kappa shape index (κ1) is 15.6. The van der Waals surface area contributed by atoms with Gasteiger partial charge in [0.1, 0.15) is 0 Å². The van der Waals surface area contributed by atoms with Crippen LogP contribution in [0.4, 0.5) is 13.2 Å². The van der Waals surface area contributed by atoms with Crippen LogP contribution in [0.15, 0.2) is 36.8 Å². The quantitative estimate of drug-likeness (QED) is 0.868. The van der Waals surface area contributed by atoms with Crippen LogP contribution in [0.25, 0.3) is 11.3 Å². The lowest BCUT2D eigenvalue weighted by Crippen LogP contribution is -2.10. The second-order valence-corrected chi connectivity index (χ2v) is 5.05. The number of halogens is 3. The van der Waals surface area contributed by atoms with Crippen molar-refractivity contribution >= 4 is 0 Å². The van der Waals surface area contributed by atoms with E-state index >= 15 is 0 Å². The van der Waals surface area contributed by atoms with Crippen molar-refractivity contribution in [1.29, 1.82) is 0 Å². The Bertz CT molecular complexity index is 526. The molecule has 1 aromatic carbocycles. The summed E-state index contributed by atoms with van der Waals surface area (Å²) in [6, 6.07) is 4.93. The number of aromatic nitrogens is 2. The maximum Gasteiger partial charge on any atom is 0.416 e. The highest BCUT2D eigenvalue weighted by molar-refractivity contribution is 5.58. The third-order valence-corrected chi connectivity index (χ3v) is 3.35. The predicted octanol–water partition coefficient (Wildman–Crippen LogP) is 3.81. The van der Waals surface area contributed by atoms with Crippen LogP contribution in [0.2, 0.25) is 0 Å². The van der Waals surface area contributed by atoms with Gasteiger partial charge in [0.25, 0.3) is 0 Å². The highest BCUT2D eigenvalue weighted by Crippen LogP contribution is 2.30. The number of benzene rings is 1. The molecule has 1 aliphatic heterocycles. The number of imidazole rings is 1. The van der Waals surface area contributed by atoms with E-state index in [1.807, 2.05) is 0 Å². The Hall–Kier alpha value is -1.82. The zero-order chi connectivity index (χ0) is 15.3. The first-order chi connectivity index (χ1) is 9.97. The Balaban J connectivity index is 0.000000225. The summed E-state index contributed by atoms with van der Waals surface area (Å²) < 4.78 is 36.7. The normalized spacial score (nSPS) is 15.6. The van der Waals surface area contributed by atoms with E-state index in [4.69, 9.17) is 0 Å². The number of hydrogen-bond acceptors (Lipinski definition) is 2. The average molecular weight is 297 g/mol. The van der Waals surface area contributed by atoms with E-state index in [9.17, 15) is 13.2 Å². The van der Waals surface area contributed by atoms with Crippen molar-refractivity contribution in [1.82, 2.24) is 14.9 Å². The molecule has 1 aromatic heterocycles. The maximum absolute atomic E-state index is 12.2. The lowest BCUT2D eigenvalue weighted by molar-refractivity contribution is -0.137. The van der Waals surface area contributed by atoms with Crippen LogP contribution in [0.3, 0.4) is 0 Å². The number of nitrogens with zero attached hydrogens (tertiary/aromatic N) is 2. The van der Waals surface area contributed by atoms with Crippen LogP contribution in [0.5, 0.6) is 0 Å². The van der Waals surface area contributed by atoms with E-state index in [0.29, 0.717) is 11.3 Å². The fourth-order valence-corrected chi connectivity index (χ4v) is 2.13. The Morgan fingerprint density at radius 2 is 1.71 bits per heavy atom. The van der Waals surface area contributed by atoms with Gasteiger partial charge in [-0.3, -0.25) is 0 Å². The van der Waals surface area contributed by atoms with Crippen LogP contribution < -0.4 is 0 Å². The van der Waals surface area contributed by atoms with Gasteiger partial charge >= 0.3 is 6.18 Å². The van der Waals surface area contributed by atoms with Crippen molar-refractivity contribution in [3.05, 3.63) is 42.4 Å². The van der Waals surface area contributed by atoms with Crippen molar-refractivity contribution < 1.29 is 13.2 Å². The smallest absolute Gasteiger partial charge is 0.345 e. The first-order valence-electron chi connectivity index (χ1n) is 6.81. The number of likely N-dealkylation sites (tertiary alicyclic amines) is 1. The molecule has 0 atom stereocenters. The number of aromatic amines is 1. The van der Waals surface area contributed by atoms with Gasteiger partial charge in [0, 0.05) is 0 Å². The van der Waals surface area contributed by atoms with Crippen molar-refractivity contribution in [2.75, 3.05) is 20.1 Å². The number of rotatable bonds is 1. The third-order valence-electron chi connectivity index (χ3n) is 3.35. The molecule has 1 saturated heterocycles. The second-order valence-electron chi connectivity index (χ2n) is 5.05. The molecule has 3 rings (SSSR count). The van der Waals surface area contributed by atoms with Gasteiger partial charge in [-0.05, 0) is 50.7 Å². The molecule has 2 aromatic rings. The summed E-state index contributed by atoms with van der Waals surface area (Å²) in [6.07, 6.45) is 1.58. The monoisotopic (exact) mass is 297 g/mol. The van der Waals surface area contributed by atoms with Gasteiger partial charge < -0.3 is 9.88 Å². The van der Waals surface area contributed by atoms with Crippen LogP contribution >= 0.6 is 0 Å². The Morgan fingerprint density at radius 1 is 1.10 bits per heavy atom. The van der Waals surface area contributed by atoms with Gasteiger partial charge in [-0.15, -0.1) is 0 Å². The maximum atomic E-state index is 12.2. The molecular formula is C15H18F3N3. The zero-order valence-corrected chi connectivity index (χ0v) is 11.8. The highest BCUT2D eigenvalue weighted by atomic mass is 19.4. The molecular weight excluding hydrogens is 279 g/mol. The summed E-state index contributed by atoms with van der Waals surface area (Å²) in [4.78, 5) is 8.97. The number of alkyl halides is 3. The van der Waals surface area contributed by atoms with Crippen LogP contribution in [0, 0.1) is 0 Å². The van der Waals surface area contributed by atoms with E-state index in [1.165, 1.54) is 44.4 Å². The summed E-state index contributed by atoms with van der Waals surface area (Å²) in [7, 11) is 2.17. The fraction of sp³-hybridized carbons (Fsp3) is 0.400. The molecule has 21 heavy (non-hydrogen) atoms. The molecule has 2 heterocycles. The lowest BCUT2D eigenvalue weighted by Gasteiger charge is -2.06. The topological polar surface area (TPSA) is 31.9 Å². The summed E-state index contributed by atoms with van der Waals surface area (Å²) in [6.45, 7) is 2.64. The van der Waals surface area contributed by atoms with Crippen molar-refractivity contribution in [3.63, 3.8) is 0 Å². The SMILES string of the molecule is CN1CCCC1.FC(F)(F)c1ccc(-c2cnc[nH]2)cc1. The molecule has 114 valence electrons. The first-order valence-corrected chi connectivity index (χ1v) is 6.81. The summed E-state index contributed by atoms with van der Waals surface area (Å²) in [5.74, 6) is 0. The van der Waals surface area contributed by atoms with Gasteiger partial charge in [0.05, 0.1) is 23.8 Å². The number of nitrogens with one attached hydrogen (secondary N) is 1. The number of hydrogen-bond donors (Lipinski definition) is 1. The van der Waals surface area contributed by atoms with E-state index < -0.39 is 11.7 Å². The largest absolute Gasteiger partial charge is 0.416 e. The Kier molecular flexibility index (Phi) is 5.01. The van der Waals surface area contributed by atoms with Crippen molar-refractivity contribution in [2.45, 2.75) is 19.0 Å². The van der Waals surface area contributed by atoms with E-state index in [-0.39, 0.29) is 0 Å². The molecule has 0 bridgehead atoms. The molecule has 1 fully saturated rings. The average Bonchev–Trinajstić information content (AvgIpc) is 3.11. The van der Waals surface area contributed by atoms with Gasteiger partial charge in [-0.25, -0.2) is 4.98 Å². The van der Waals surface area contributed by atoms with Crippen molar-refractivity contribution in [3.8, 4) is 11.3 Å². The Labute approximate surface area is 121 Å². The third kappa shape index (κ3) is 4.60. The minimum Gasteiger partial charge on any atom is -0.345 e. The molecule has 0 saturated carbocycles. The minimum atomic E-state index is -4.29. The predicted molar refractivity (Wildman–Crippen MR) is 75.8 cm³/mol. The van der Waals surface area contributed by atoms with Gasteiger partial charge in [0.15, 0.2) is 0 Å². The lowest BCUT2D eigenvalue weighted by atomic mass is 10.1. The highest BCUT2D eigenvalue weighted by Gasteiger charge is 2.29. The van der Waals surface area contributed by atoms with E-state index in [1.54, 1.807) is 6.20 Å². The van der Waals surface area contributed by atoms with E-state index in [0.717, 1.165) is 12.1 Å². The molecule has 1 N–H and O–H groups in total. The van der Waals surface area contributed by atoms with Gasteiger partial charge in [0.2, 0.25) is 0 Å². The Morgan fingerprint density at radius 3 is 2.10 bits per heavy atom. The van der Waals surface area contributed by atoms with Crippen molar-refractivity contribution in [2.24, 2.45) is 0 Å². The number of H-pyrrole nitrogens is 1. The molecule has 0 aliphatic carbocycles. The molecule has 6 heteroatoms. The second kappa shape index (κ2) is 6.76. The van der Waals surface area contributed by atoms with E-state index in [2.05, 4.69) is 21.9 Å². The summed E-state index contributed by atoms with van der Waals surface area (Å²) >= 11 is 0. The molecule has 0 unspecified atom stereocenters. The van der Waals surface area contributed by atoms with Crippen LogP contribution in [-0.4, -0.2) is 35.0 Å². The molecule has 1 aliphatic rings. The standard InChI is InChI=1S/C10H7F3N2.C5H11N/c11-10(12,13)8-3-1-7(2-4-8)9-5-14-6-15-9;1-6-4-2-3-5-6/h1-6H,(H,14,15);2-5H2,1H3. The van der Waals surface area contributed by atoms with Crippen LogP contribution in [0.1, 0.15) is 18.4 Å². The van der Waals surface area contributed by atoms with Gasteiger partial charge in [-0.1, -0.05) is 12.1 Å². The molecule has 0 spiro atoms. The fourth-order valence-electron chi connectivity index (χ4n) is 2.13. The molecule has 3 nitrogen and oxygen atoms in total. The van der Waals surface area contributed by atoms with Crippen LogP contribution in [-0.2, 0) is 6.18 Å². The van der Waals surface area contributed by atoms with Gasteiger partial charge in [-0.2, -0.15) is 13.2 Å².